The molecule has 0 radical (unpaired) electrons. The van der Waals surface area contributed by atoms with E-state index in [2.05, 4.69) is 0 Å². The molecule has 1 aromatic rings. The van der Waals surface area contributed by atoms with Crippen molar-refractivity contribution in [2.24, 2.45) is 0 Å². The second kappa shape index (κ2) is 5.44. The van der Waals surface area contributed by atoms with Crippen LogP contribution >= 0.6 is 11.8 Å². The van der Waals surface area contributed by atoms with E-state index in [1.807, 2.05) is 0 Å². The zero-order valence-electron chi connectivity index (χ0n) is 9.52. The highest BCUT2D eigenvalue weighted by Crippen LogP contribution is 2.43. The van der Waals surface area contributed by atoms with Crippen molar-refractivity contribution in [1.82, 2.24) is 0 Å². The first-order chi connectivity index (χ1) is 8.49. The highest BCUT2D eigenvalue weighted by Gasteiger charge is 2.38. The molecule has 0 saturated heterocycles. The molecule has 0 aliphatic rings. The Bertz CT molecular complexity index is 477. The lowest BCUT2D eigenvalue weighted by Crippen LogP contribution is -2.10. The fourth-order valence-corrected chi connectivity index (χ4v) is 2.16. The lowest BCUT2D eigenvalue weighted by Gasteiger charge is -2.14. The maximum absolute atomic E-state index is 12.6. The molecule has 0 amide bonds. The quantitative estimate of drug-likeness (QED) is 0.606. The fraction of sp³-hybridized carbons (Fsp3) is 0.364. The molecule has 0 heterocycles. The number of rotatable bonds is 3. The van der Waals surface area contributed by atoms with E-state index in [1.165, 1.54) is 6.92 Å². The van der Waals surface area contributed by atoms with Crippen LogP contribution in [0.15, 0.2) is 23.1 Å². The Hall–Kier alpha value is -1.18. The van der Waals surface area contributed by atoms with Crippen molar-refractivity contribution in [1.29, 1.82) is 0 Å². The average Bonchev–Trinajstić information content (AvgIpc) is 2.11. The Morgan fingerprint density at radius 2 is 1.74 bits per heavy atom. The first-order valence-electron chi connectivity index (χ1n) is 4.94. The second-order valence-corrected chi connectivity index (χ2v) is 4.86. The summed E-state index contributed by atoms with van der Waals surface area (Å²) >= 11 is -0.836. The van der Waals surface area contributed by atoms with Gasteiger partial charge >= 0.3 is 11.7 Å². The van der Waals surface area contributed by atoms with Gasteiger partial charge in [-0.1, -0.05) is 6.07 Å². The number of hydrogen-bond acceptors (Lipinski definition) is 2. The van der Waals surface area contributed by atoms with Crippen LogP contribution in [0.2, 0.25) is 0 Å². The zero-order valence-corrected chi connectivity index (χ0v) is 10.3. The normalized spacial score (nSPS) is 12.6. The minimum atomic E-state index is -4.87. The standard InChI is InChI=1S/C11H8F6OS/c1-6(18)4-7-2-3-8(10(12,13)14)9(5-7)19-11(15,16)17/h2-3,5H,4H2,1H3. The van der Waals surface area contributed by atoms with E-state index in [4.69, 9.17) is 0 Å². The van der Waals surface area contributed by atoms with Crippen LogP contribution in [-0.4, -0.2) is 11.3 Å². The molecule has 8 heteroatoms. The summed E-state index contributed by atoms with van der Waals surface area (Å²) in [6.07, 6.45) is -5.08. The summed E-state index contributed by atoms with van der Waals surface area (Å²) in [5.74, 6) is -0.345. The number of carbonyl (C=O) groups is 1. The molecule has 0 unspecified atom stereocenters. The number of ketones is 1. The molecule has 19 heavy (non-hydrogen) atoms. The molecular formula is C11H8F6OS. The molecule has 0 N–H and O–H groups in total. The van der Waals surface area contributed by atoms with Crippen molar-refractivity contribution in [3.05, 3.63) is 29.3 Å². The number of Topliss-reactive ketones (excluding diaryl/α,β-unsaturated/α-hetero) is 1. The summed E-state index contributed by atoms with van der Waals surface area (Å²) in [5.41, 5.74) is -6.07. The molecule has 0 fully saturated rings. The summed E-state index contributed by atoms with van der Waals surface area (Å²) in [6, 6.07) is 2.32. The maximum atomic E-state index is 12.6. The van der Waals surface area contributed by atoms with E-state index in [0.717, 1.165) is 12.1 Å². The molecule has 1 aromatic carbocycles. The third kappa shape index (κ3) is 5.14. The van der Waals surface area contributed by atoms with Gasteiger partial charge in [0.1, 0.15) is 5.78 Å². The molecule has 0 saturated carbocycles. The van der Waals surface area contributed by atoms with Crippen molar-refractivity contribution < 1.29 is 31.1 Å². The van der Waals surface area contributed by atoms with E-state index in [1.54, 1.807) is 0 Å². The molecule has 1 nitrogen and oxygen atoms in total. The van der Waals surface area contributed by atoms with E-state index in [-0.39, 0.29) is 17.8 Å². The van der Waals surface area contributed by atoms with Gasteiger partial charge in [-0.25, -0.2) is 0 Å². The zero-order chi connectivity index (χ0) is 14.8. The number of carbonyl (C=O) groups excluding carboxylic acids is 1. The van der Waals surface area contributed by atoms with Gasteiger partial charge in [0, 0.05) is 11.3 Å². The van der Waals surface area contributed by atoms with Crippen LogP contribution in [0.3, 0.4) is 0 Å². The van der Waals surface area contributed by atoms with Gasteiger partial charge in [0.2, 0.25) is 0 Å². The van der Waals surface area contributed by atoms with Crippen LogP contribution < -0.4 is 0 Å². The summed E-state index contributed by atoms with van der Waals surface area (Å²) in [5, 5.41) is 0. The number of benzene rings is 1. The first-order valence-corrected chi connectivity index (χ1v) is 5.76. The van der Waals surface area contributed by atoms with Crippen LogP contribution in [0.4, 0.5) is 26.3 Å². The van der Waals surface area contributed by atoms with Crippen molar-refractivity contribution in [2.45, 2.75) is 29.9 Å². The molecule has 0 aliphatic heterocycles. The largest absolute Gasteiger partial charge is 0.446 e. The molecule has 0 aliphatic carbocycles. The van der Waals surface area contributed by atoms with E-state index < -0.39 is 33.9 Å². The molecule has 1 rings (SSSR count). The summed E-state index contributed by atoms with van der Waals surface area (Å²) in [6.45, 7) is 1.20. The van der Waals surface area contributed by atoms with Gasteiger partial charge in [-0.2, -0.15) is 26.3 Å². The van der Waals surface area contributed by atoms with Crippen molar-refractivity contribution in [2.75, 3.05) is 0 Å². The molecule has 0 aromatic heterocycles. The molecular weight excluding hydrogens is 294 g/mol. The smallest absolute Gasteiger partial charge is 0.300 e. The monoisotopic (exact) mass is 302 g/mol. The van der Waals surface area contributed by atoms with Crippen molar-refractivity contribution in [3.8, 4) is 0 Å². The maximum Gasteiger partial charge on any atom is 0.446 e. The predicted molar refractivity (Wildman–Crippen MR) is 57.7 cm³/mol. The fourth-order valence-electron chi connectivity index (χ4n) is 1.41. The van der Waals surface area contributed by atoms with Crippen molar-refractivity contribution in [3.63, 3.8) is 0 Å². The number of hydrogen-bond donors (Lipinski definition) is 0. The molecule has 0 atom stereocenters. The van der Waals surface area contributed by atoms with Crippen LogP contribution in [-0.2, 0) is 17.4 Å². The Morgan fingerprint density at radius 3 is 2.16 bits per heavy atom. The summed E-state index contributed by atoms with van der Waals surface area (Å²) < 4.78 is 74.4. The topological polar surface area (TPSA) is 17.1 Å². The van der Waals surface area contributed by atoms with Crippen LogP contribution in [0.5, 0.6) is 0 Å². The Kier molecular flexibility index (Phi) is 4.54. The lowest BCUT2D eigenvalue weighted by atomic mass is 10.1. The van der Waals surface area contributed by atoms with Gasteiger partial charge in [0.15, 0.2) is 0 Å². The molecule has 0 bridgehead atoms. The van der Waals surface area contributed by atoms with Crippen LogP contribution in [0, 0.1) is 0 Å². The third-order valence-electron chi connectivity index (χ3n) is 2.03. The third-order valence-corrected chi connectivity index (χ3v) is 2.82. The number of thioether (sulfide) groups is 1. The summed E-state index contributed by atoms with van der Waals surface area (Å²) in [4.78, 5) is 9.89. The Morgan fingerprint density at radius 1 is 1.16 bits per heavy atom. The minimum Gasteiger partial charge on any atom is -0.300 e. The Balaban J connectivity index is 3.22. The highest BCUT2D eigenvalue weighted by atomic mass is 32.2. The average molecular weight is 302 g/mol. The van der Waals surface area contributed by atoms with Gasteiger partial charge in [-0.3, -0.25) is 4.79 Å². The van der Waals surface area contributed by atoms with Gasteiger partial charge in [0.05, 0.1) is 5.56 Å². The lowest BCUT2D eigenvalue weighted by molar-refractivity contribution is -0.139. The summed E-state index contributed by atoms with van der Waals surface area (Å²) in [7, 11) is 0. The van der Waals surface area contributed by atoms with E-state index in [9.17, 15) is 31.1 Å². The van der Waals surface area contributed by atoms with Gasteiger partial charge in [-0.15, -0.1) is 0 Å². The van der Waals surface area contributed by atoms with Crippen molar-refractivity contribution >= 4 is 17.5 Å². The minimum absolute atomic E-state index is 0.118. The SMILES string of the molecule is CC(=O)Cc1ccc(C(F)(F)F)c(SC(F)(F)F)c1. The Labute approximate surface area is 109 Å². The van der Waals surface area contributed by atoms with Crippen LogP contribution in [0.1, 0.15) is 18.1 Å². The van der Waals surface area contributed by atoms with E-state index in [0.29, 0.717) is 6.07 Å². The first kappa shape index (κ1) is 15.9. The predicted octanol–water partition coefficient (Wildman–Crippen LogP) is 4.45. The molecule has 106 valence electrons. The number of halogens is 6. The highest BCUT2D eigenvalue weighted by molar-refractivity contribution is 8.00. The van der Waals surface area contributed by atoms with E-state index >= 15 is 0 Å². The van der Waals surface area contributed by atoms with Gasteiger partial charge < -0.3 is 0 Å². The number of alkyl halides is 6. The van der Waals surface area contributed by atoms with Crippen LogP contribution in [0.25, 0.3) is 0 Å². The van der Waals surface area contributed by atoms with Gasteiger partial charge in [0.25, 0.3) is 0 Å². The molecule has 0 spiro atoms. The van der Waals surface area contributed by atoms with Gasteiger partial charge in [-0.05, 0) is 36.4 Å². The second-order valence-electron chi connectivity index (χ2n) is 3.75.